The van der Waals surface area contributed by atoms with Crippen LogP contribution in [0.15, 0.2) is 40.9 Å². The Morgan fingerprint density at radius 2 is 1.61 bits per heavy atom. The molecule has 0 bridgehead atoms. The molecule has 2 atom stereocenters. The number of unbranched alkanes of at least 4 members (excludes halogenated alkanes) is 1. The average Bonchev–Trinajstić information content (AvgIpc) is 3.45. The van der Waals surface area contributed by atoms with Gasteiger partial charge >= 0.3 is 0 Å². The van der Waals surface area contributed by atoms with Crippen molar-refractivity contribution in [3.05, 3.63) is 42.0 Å². The number of hydrogen-bond acceptors (Lipinski definition) is 12. The number of carbonyl (C=O) groups excluding carboxylic acids is 3. The SMILES string of the molecule is COc1cc(C(=O)N(C(C)C)C(C)C)ccc1OCCCCOc1ccc2c(NC(=O)[C@H](C)NC(=O)[C@@H]([NH3+])CCSC)noc2c1.CS(=O)(=O)[O-]. The van der Waals surface area contributed by atoms with E-state index in [0.717, 1.165) is 18.6 Å². The van der Waals surface area contributed by atoms with Crippen LogP contribution in [0, 0.1) is 0 Å². The zero-order valence-corrected chi connectivity index (χ0v) is 32.1. The van der Waals surface area contributed by atoms with E-state index < -0.39 is 28.1 Å². The lowest BCUT2D eigenvalue weighted by molar-refractivity contribution is -0.404. The summed E-state index contributed by atoms with van der Waals surface area (Å²) in [5.41, 5.74) is 4.89. The normalized spacial score (nSPS) is 12.5. The molecule has 284 valence electrons. The Bertz CT molecular complexity index is 1680. The largest absolute Gasteiger partial charge is 0.748 e. The third-order valence-electron chi connectivity index (χ3n) is 7.30. The van der Waals surface area contributed by atoms with E-state index in [1.807, 2.05) is 38.9 Å². The zero-order valence-electron chi connectivity index (χ0n) is 30.5. The van der Waals surface area contributed by atoms with Crippen molar-refractivity contribution in [2.24, 2.45) is 0 Å². The van der Waals surface area contributed by atoms with Gasteiger partial charge in [0.15, 0.2) is 28.9 Å². The Balaban J connectivity index is 0.00000168. The highest BCUT2D eigenvalue weighted by Crippen LogP contribution is 2.30. The van der Waals surface area contributed by atoms with Crippen molar-refractivity contribution in [3.63, 3.8) is 0 Å². The Kier molecular flexibility index (Phi) is 17.5. The zero-order chi connectivity index (χ0) is 38.3. The summed E-state index contributed by atoms with van der Waals surface area (Å²) in [6.07, 6.45) is 4.68. The van der Waals surface area contributed by atoms with E-state index in [2.05, 4.69) is 21.5 Å². The molecule has 0 aliphatic carbocycles. The minimum absolute atomic E-state index is 0.0448. The maximum atomic E-state index is 13.0. The number of aromatic nitrogens is 1. The third-order valence-corrected chi connectivity index (χ3v) is 7.95. The van der Waals surface area contributed by atoms with Gasteiger partial charge in [-0.15, -0.1) is 0 Å². The van der Waals surface area contributed by atoms with Crippen molar-refractivity contribution < 1.29 is 51.8 Å². The lowest BCUT2D eigenvalue weighted by Gasteiger charge is -2.31. The molecule has 0 saturated heterocycles. The van der Waals surface area contributed by atoms with E-state index in [1.165, 1.54) is 0 Å². The topological polar surface area (TPSA) is 217 Å². The lowest BCUT2D eigenvalue weighted by Crippen LogP contribution is -2.68. The Morgan fingerprint density at radius 1 is 0.980 bits per heavy atom. The second-order valence-corrected chi connectivity index (χ2v) is 14.7. The van der Waals surface area contributed by atoms with E-state index in [-0.39, 0.29) is 29.7 Å². The highest BCUT2D eigenvalue weighted by atomic mass is 32.2. The number of amides is 3. The third kappa shape index (κ3) is 14.6. The first kappa shape index (κ1) is 43.1. The maximum Gasteiger partial charge on any atom is 0.278 e. The number of hydrogen-bond donors (Lipinski definition) is 3. The summed E-state index contributed by atoms with van der Waals surface area (Å²) in [6.45, 7) is 10.5. The first-order valence-corrected chi connectivity index (χ1v) is 19.7. The Labute approximate surface area is 304 Å². The summed E-state index contributed by atoms with van der Waals surface area (Å²) in [5.74, 6) is 2.06. The number of nitrogens with zero attached hydrogens (tertiary/aromatic N) is 2. The van der Waals surface area contributed by atoms with E-state index >= 15 is 0 Å². The summed E-state index contributed by atoms with van der Waals surface area (Å²) in [4.78, 5) is 39.9. The predicted molar refractivity (Wildman–Crippen MR) is 195 cm³/mol. The van der Waals surface area contributed by atoms with Gasteiger partial charge in [-0.25, -0.2) is 8.42 Å². The number of benzene rings is 2. The van der Waals surface area contributed by atoms with Crippen molar-refractivity contribution in [2.45, 2.75) is 78.0 Å². The quantitative estimate of drug-likeness (QED) is 0.126. The van der Waals surface area contributed by atoms with Crippen LogP contribution in [0.5, 0.6) is 17.2 Å². The second kappa shape index (κ2) is 20.7. The van der Waals surface area contributed by atoms with Crippen molar-refractivity contribution in [1.29, 1.82) is 0 Å². The van der Waals surface area contributed by atoms with Gasteiger partial charge in [0.25, 0.3) is 11.8 Å². The average molecular weight is 754 g/mol. The highest BCUT2D eigenvalue weighted by molar-refractivity contribution is 7.98. The van der Waals surface area contributed by atoms with E-state index in [1.54, 1.807) is 62.2 Å². The van der Waals surface area contributed by atoms with Gasteiger partial charge in [0.1, 0.15) is 11.8 Å². The molecule has 51 heavy (non-hydrogen) atoms. The molecule has 0 aliphatic heterocycles. The fraction of sp³-hybridized carbons (Fsp3) is 0.529. The Morgan fingerprint density at radius 3 is 2.20 bits per heavy atom. The molecule has 0 radical (unpaired) electrons. The van der Waals surface area contributed by atoms with Crippen LogP contribution in [0.3, 0.4) is 0 Å². The molecule has 0 spiro atoms. The first-order chi connectivity index (χ1) is 24.0. The number of ether oxygens (including phenoxy) is 3. The van der Waals surface area contributed by atoms with Gasteiger partial charge in [0, 0.05) is 36.4 Å². The first-order valence-electron chi connectivity index (χ1n) is 16.5. The molecule has 1 heterocycles. The van der Waals surface area contributed by atoms with Gasteiger partial charge in [-0.1, -0.05) is 5.16 Å². The molecule has 3 aromatic rings. The van der Waals surface area contributed by atoms with Crippen LogP contribution in [0.2, 0.25) is 0 Å². The van der Waals surface area contributed by atoms with E-state index in [4.69, 9.17) is 31.7 Å². The Hall–Kier alpha value is -4.06. The number of nitrogens with one attached hydrogen (secondary N) is 2. The van der Waals surface area contributed by atoms with Crippen molar-refractivity contribution in [2.75, 3.05) is 43.9 Å². The van der Waals surface area contributed by atoms with E-state index in [0.29, 0.717) is 59.7 Å². The predicted octanol–water partition coefficient (Wildman–Crippen LogP) is 3.30. The van der Waals surface area contributed by atoms with Gasteiger partial charge in [-0.05, 0) is 89.8 Å². The molecule has 3 rings (SSSR count). The molecule has 15 nitrogen and oxygen atoms in total. The molecule has 2 aromatic carbocycles. The monoisotopic (exact) mass is 753 g/mol. The number of fused-ring (bicyclic) bond motifs is 1. The number of methoxy groups -OCH3 is 1. The van der Waals surface area contributed by atoms with Gasteiger partial charge in [-0.3, -0.25) is 14.4 Å². The summed E-state index contributed by atoms with van der Waals surface area (Å²) in [6, 6.07) is 9.49. The molecular formula is C34H51N5O10S2. The molecule has 0 saturated carbocycles. The molecular weight excluding hydrogens is 703 g/mol. The standard InChI is InChI=1S/C33H47N5O7S.CH4O3S/c1-20(2)38(21(3)4)33(41)23-10-13-27(29(18-23)42-6)44-16-9-8-15-43-24-11-12-25-28(19-24)45-37-30(25)36-31(39)22(5)35-32(40)26(34)14-17-46-7;1-5(2,3)4/h10-13,18-22,26H,8-9,14-17,34H2,1-7H3,(H,35,40)(H,36,37,39);1H3,(H,2,3,4)/t22-,26-;/m0./s1. The number of anilines is 1. The number of rotatable bonds is 18. The fourth-order valence-corrected chi connectivity index (χ4v) is 5.34. The van der Waals surface area contributed by atoms with Gasteiger partial charge in [0.05, 0.1) is 35.8 Å². The van der Waals surface area contributed by atoms with Crippen molar-refractivity contribution in [3.8, 4) is 17.2 Å². The van der Waals surface area contributed by atoms with Crippen LogP contribution in [0.4, 0.5) is 5.82 Å². The highest BCUT2D eigenvalue weighted by Gasteiger charge is 2.24. The van der Waals surface area contributed by atoms with Crippen LogP contribution < -0.4 is 30.6 Å². The fourth-order valence-electron chi connectivity index (χ4n) is 4.82. The summed E-state index contributed by atoms with van der Waals surface area (Å²) < 4.78 is 50.0. The van der Waals surface area contributed by atoms with Crippen LogP contribution in [-0.4, -0.2) is 104 Å². The van der Waals surface area contributed by atoms with Gasteiger partial charge < -0.3 is 44.6 Å². The molecule has 0 aliphatic rings. The summed E-state index contributed by atoms with van der Waals surface area (Å²) in [7, 11) is -2.36. The molecule has 0 unspecified atom stereocenters. The van der Waals surface area contributed by atoms with Crippen LogP contribution >= 0.6 is 11.8 Å². The van der Waals surface area contributed by atoms with Crippen LogP contribution in [0.25, 0.3) is 11.0 Å². The lowest BCUT2D eigenvalue weighted by atomic mass is 10.1. The maximum absolute atomic E-state index is 13.0. The molecule has 5 N–H and O–H groups in total. The smallest absolute Gasteiger partial charge is 0.278 e. The molecule has 1 aromatic heterocycles. The molecule has 3 amide bonds. The van der Waals surface area contributed by atoms with Gasteiger partial charge in [-0.2, -0.15) is 11.8 Å². The van der Waals surface area contributed by atoms with Crippen molar-refractivity contribution in [1.82, 2.24) is 15.4 Å². The number of carbonyl (C=O) groups is 3. The number of quaternary nitrogens is 1. The minimum atomic E-state index is -3.92. The van der Waals surface area contributed by atoms with Gasteiger partial charge in [0.2, 0.25) is 5.91 Å². The van der Waals surface area contributed by atoms with E-state index in [9.17, 15) is 14.4 Å². The van der Waals surface area contributed by atoms with Crippen LogP contribution in [0.1, 0.15) is 64.2 Å². The number of thioether (sulfide) groups is 1. The van der Waals surface area contributed by atoms with Crippen LogP contribution in [-0.2, 0) is 19.7 Å². The molecule has 0 fully saturated rings. The minimum Gasteiger partial charge on any atom is -0.748 e. The second-order valence-electron chi connectivity index (χ2n) is 12.3. The molecule has 17 heteroatoms. The summed E-state index contributed by atoms with van der Waals surface area (Å²) >= 11 is 1.64. The summed E-state index contributed by atoms with van der Waals surface area (Å²) in [5, 5.41) is 10.0. The van der Waals surface area contributed by atoms with Crippen molar-refractivity contribution >= 4 is 56.4 Å².